The summed E-state index contributed by atoms with van der Waals surface area (Å²) in [5.41, 5.74) is 0.271. The molecule has 2 rings (SSSR count). The number of sulfonamides is 1. The fourth-order valence-electron chi connectivity index (χ4n) is 1.88. The zero-order valence-corrected chi connectivity index (χ0v) is 14.2. The molecular formula is C14H13ClF3N3O3S. The Labute approximate surface area is 146 Å². The van der Waals surface area contributed by atoms with Crippen molar-refractivity contribution in [2.75, 3.05) is 0 Å². The minimum atomic E-state index is -4.35. The fourth-order valence-corrected chi connectivity index (χ4v) is 3.11. The maximum atomic E-state index is 12.2. The summed E-state index contributed by atoms with van der Waals surface area (Å²) in [5.74, 6) is -1.41. The first-order valence-corrected chi connectivity index (χ1v) is 8.95. The normalized spacial score (nSPS) is 12.2. The molecule has 0 saturated heterocycles. The first-order valence-electron chi connectivity index (χ1n) is 6.92. The van der Waals surface area contributed by atoms with E-state index in [1.54, 1.807) is 0 Å². The molecule has 1 heterocycles. The molecule has 0 spiro atoms. The summed E-state index contributed by atoms with van der Waals surface area (Å²) in [7, 11) is -3.98. The molecule has 0 aliphatic heterocycles. The molecule has 1 aromatic heterocycles. The minimum absolute atomic E-state index is 0.151. The monoisotopic (exact) mass is 395 g/mol. The van der Waals surface area contributed by atoms with Gasteiger partial charge in [0.05, 0.1) is 23.9 Å². The predicted octanol–water partition coefficient (Wildman–Crippen LogP) is 2.75. The van der Waals surface area contributed by atoms with Gasteiger partial charge < -0.3 is 0 Å². The highest BCUT2D eigenvalue weighted by Gasteiger charge is 2.27. The molecule has 6 nitrogen and oxygen atoms in total. The number of nitrogens with zero attached hydrogens (tertiary/aromatic N) is 2. The molecule has 25 heavy (non-hydrogen) atoms. The first kappa shape index (κ1) is 19.3. The van der Waals surface area contributed by atoms with Crippen molar-refractivity contribution in [2.24, 2.45) is 0 Å². The Kier molecular flexibility index (Phi) is 5.73. The Morgan fingerprint density at radius 1 is 1.24 bits per heavy atom. The SMILES string of the molecule is O=C(NS(=O)(=O)Cc1ccc(Cl)cc1)c1cnn(CCC(F)(F)F)c1. The standard InChI is InChI=1S/C14H13ClF3N3O3S/c15-12-3-1-10(2-4-12)9-25(23,24)20-13(22)11-7-19-21(8-11)6-5-14(16,17)18/h1-4,7-8H,5-6,9H2,(H,20,22). The van der Waals surface area contributed by atoms with Crippen LogP contribution in [-0.2, 0) is 22.3 Å². The summed E-state index contributed by atoms with van der Waals surface area (Å²) in [6, 6.07) is 6.03. The van der Waals surface area contributed by atoms with E-state index in [1.807, 2.05) is 4.72 Å². The van der Waals surface area contributed by atoms with Crippen LogP contribution in [0.25, 0.3) is 0 Å². The van der Waals surface area contributed by atoms with E-state index in [0.717, 1.165) is 17.1 Å². The van der Waals surface area contributed by atoms with Crippen molar-refractivity contribution in [2.45, 2.75) is 24.9 Å². The number of benzene rings is 1. The Morgan fingerprint density at radius 2 is 1.88 bits per heavy atom. The third-order valence-corrected chi connectivity index (χ3v) is 4.50. The van der Waals surface area contributed by atoms with E-state index < -0.39 is 40.8 Å². The number of carbonyl (C=O) groups excluding carboxylic acids is 1. The molecule has 11 heteroatoms. The van der Waals surface area contributed by atoms with Crippen LogP contribution in [0.5, 0.6) is 0 Å². The molecule has 0 bridgehead atoms. The molecule has 0 aliphatic carbocycles. The van der Waals surface area contributed by atoms with Crippen molar-refractivity contribution < 1.29 is 26.4 Å². The summed E-state index contributed by atoms with van der Waals surface area (Å²) >= 11 is 5.70. The number of carbonyl (C=O) groups is 1. The molecule has 1 amide bonds. The quantitative estimate of drug-likeness (QED) is 0.815. The maximum Gasteiger partial charge on any atom is 0.390 e. The Bertz CT molecular complexity index is 848. The highest BCUT2D eigenvalue weighted by Crippen LogP contribution is 2.20. The van der Waals surface area contributed by atoms with Gasteiger partial charge in [0.25, 0.3) is 5.91 Å². The van der Waals surface area contributed by atoms with Gasteiger partial charge in [0, 0.05) is 17.8 Å². The van der Waals surface area contributed by atoms with Crippen molar-refractivity contribution in [3.63, 3.8) is 0 Å². The van der Waals surface area contributed by atoms with E-state index in [4.69, 9.17) is 11.6 Å². The van der Waals surface area contributed by atoms with E-state index in [1.165, 1.54) is 24.3 Å². The van der Waals surface area contributed by atoms with E-state index in [-0.39, 0.29) is 5.56 Å². The van der Waals surface area contributed by atoms with Crippen LogP contribution in [0, 0.1) is 0 Å². The molecule has 0 unspecified atom stereocenters. The van der Waals surface area contributed by atoms with Crippen LogP contribution in [0.2, 0.25) is 5.02 Å². The Balaban J connectivity index is 1.98. The lowest BCUT2D eigenvalue weighted by Crippen LogP contribution is -2.31. The molecule has 1 N–H and O–H groups in total. The lowest BCUT2D eigenvalue weighted by Gasteiger charge is -2.06. The van der Waals surface area contributed by atoms with Crippen LogP contribution < -0.4 is 4.72 Å². The van der Waals surface area contributed by atoms with E-state index in [9.17, 15) is 26.4 Å². The van der Waals surface area contributed by atoms with Crippen LogP contribution in [0.15, 0.2) is 36.7 Å². The molecule has 0 atom stereocenters. The van der Waals surface area contributed by atoms with Gasteiger partial charge in [0.15, 0.2) is 0 Å². The highest BCUT2D eigenvalue weighted by atomic mass is 35.5. The van der Waals surface area contributed by atoms with Crippen molar-refractivity contribution in [1.29, 1.82) is 0 Å². The molecule has 2 aromatic rings. The van der Waals surface area contributed by atoms with Gasteiger partial charge >= 0.3 is 6.18 Å². The first-order chi connectivity index (χ1) is 11.5. The molecule has 0 aliphatic rings. The van der Waals surface area contributed by atoms with Crippen molar-refractivity contribution >= 4 is 27.5 Å². The van der Waals surface area contributed by atoms with Gasteiger partial charge in [0.1, 0.15) is 0 Å². The van der Waals surface area contributed by atoms with Crippen molar-refractivity contribution in [3.05, 3.63) is 52.8 Å². The van der Waals surface area contributed by atoms with Crippen molar-refractivity contribution in [3.8, 4) is 0 Å². The highest BCUT2D eigenvalue weighted by molar-refractivity contribution is 7.89. The number of halogens is 4. The molecule has 136 valence electrons. The summed E-state index contributed by atoms with van der Waals surface area (Å²) in [4.78, 5) is 11.9. The van der Waals surface area contributed by atoms with E-state index >= 15 is 0 Å². The number of alkyl halides is 3. The average molecular weight is 396 g/mol. The number of nitrogens with one attached hydrogen (secondary N) is 1. The van der Waals surface area contributed by atoms with Crippen LogP contribution in [0.4, 0.5) is 13.2 Å². The van der Waals surface area contributed by atoms with Crippen LogP contribution in [0.3, 0.4) is 0 Å². The summed E-state index contributed by atoms with van der Waals surface area (Å²) in [5, 5.41) is 4.05. The van der Waals surface area contributed by atoms with Gasteiger partial charge in [-0.05, 0) is 17.7 Å². The molecule has 0 saturated carbocycles. The lowest BCUT2D eigenvalue weighted by atomic mass is 10.2. The number of amides is 1. The Morgan fingerprint density at radius 3 is 2.48 bits per heavy atom. The minimum Gasteiger partial charge on any atom is -0.272 e. The second-order valence-electron chi connectivity index (χ2n) is 5.17. The average Bonchev–Trinajstić information content (AvgIpc) is 2.95. The third kappa shape index (κ3) is 6.39. The fraction of sp³-hybridized carbons (Fsp3) is 0.286. The van der Waals surface area contributed by atoms with Gasteiger partial charge in [0.2, 0.25) is 10.0 Å². The van der Waals surface area contributed by atoms with E-state index in [0.29, 0.717) is 10.6 Å². The van der Waals surface area contributed by atoms with Gasteiger partial charge in [-0.3, -0.25) is 9.48 Å². The zero-order valence-electron chi connectivity index (χ0n) is 12.6. The third-order valence-electron chi connectivity index (χ3n) is 3.04. The molecule has 1 aromatic carbocycles. The second kappa shape index (κ2) is 7.44. The van der Waals surface area contributed by atoms with Gasteiger partial charge in [-0.1, -0.05) is 23.7 Å². The van der Waals surface area contributed by atoms with Gasteiger partial charge in [-0.25, -0.2) is 13.1 Å². The number of hydrogen-bond acceptors (Lipinski definition) is 4. The number of rotatable bonds is 6. The van der Waals surface area contributed by atoms with Crippen LogP contribution in [0.1, 0.15) is 22.3 Å². The second-order valence-corrected chi connectivity index (χ2v) is 7.33. The summed E-state index contributed by atoms with van der Waals surface area (Å²) in [6.07, 6.45) is -3.40. The smallest absolute Gasteiger partial charge is 0.272 e. The van der Waals surface area contributed by atoms with Gasteiger partial charge in [-0.15, -0.1) is 0 Å². The van der Waals surface area contributed by atoms with Crippen molar-refractivity contribution in [1.82, 2.24) is 14.5 Å². The van der Waals surface area contributed by atoms with Gasteiger partial charge in [-0.2, -0.15) is 18.3 Å². The molecular weight excluding hydrogens is 383 g/mol. The Hall–Kier alpha value is -2.07. The summed E-state index contributed by atoms with van der Waals surface area (Å²) in [6.45, 7) is -0.464. The number of aryl methyl sites for hydroxylation is 1. The molecule has 0 fully saturated rings. The topological polar surface area (TPSA) is 81.1 Å². The molecule has 0 radical (unpaired) electrons. The van der Waals surface area contributed by atoms with Crippen LogP contribution >= 0.6 is 11.6 Å². The van der Waals surface area contributed by atoms with Crippen LogP contribution in [-0.4, -0.2) is 30.3 Å². The number of hydrogen-bond donors (Lipinski definition) is 1. The maximum absolute atomic E-state index is 12.2. The summed E-state index contributed by atoms with van der Waals surface area (Å²) < 4.78 is 63.2. The lowest BCUT2D eigenvalue weighted by molar-refractivity contribution is -0.137. The van der Waals surface area contributed by atoms with E-state index in [2.05, 4.69) is 5.10 Å². The largest absolute Gasteiger partial charge is 0.390 e. The predicted molar refractivity (Wildman–Crippen MR) is 84.4 cm³/mol. The zero-order chi connectivity index (χ0) is 18.7. The number of aromatic nitrogens is 2.